The molecule has 0 radical (unpaired) electrons. The van der Waals surface area contributed by atoms with Crippen LogP contribution in [0.1, 0.15) is 15.9 Å². The van der Waals surface area contributed by atoms with Gasteiger partial charge in [-0.15, -0.1) is 4.89 Å². The maximum absolute atomic E-state index is 11.6. The summed E-state index contributed by atoms with van der Waals surface area (Å²) in [6, 6.07) is 5.21. The molecule has 0 aliphatic carbocycles. The van der Waals surface area contributed by atoms with Gasteiger partial charge in [0, 0.05) is 14.6 Å². The first-order chi connectivity index (χ1) is 7.50. The van der Waals surface area contributed by atoms with Crippen molar-refractivity contribution < 1.29 is 18.8 Å². The second-order valence-electron chi connectivity index (χ2n) is 2.98. The molecule has 5 nitrogen and oxygen atoms in total. The minimum atomic E-state index is -2.69. The first-order valence-corrected chi connectivity index (χ1v) is 6.26. The fourth-order valence-corrected chi connectivity index (χ4v) is 1.78. The molecule has 0 saturated heterocycles. The molecular formula is C9H10BrNO4P+. The molecule has 1 amide bonds. The number of rotatable bonds is 4. The summed E-state index contributed by atoms with van der Waals surface area (Å²) < 4.78 is 15.4. The molecule has 0 spiro atoms. The Morgan fingerprint density at radius 1 is 1.62 bits per heavy atom. The van der Waals surface area contributed by atoms with Crippen molar-refractivity contribution in [2.75, 3.05) is 6.73 Å². The van der Waals surface area contributed by atoms with E-state index in [1.54, 1.807) is 19.1 Å². The van der Waals surface area contributed by atoms with E-state index in [0.717, 1.165) is 10.0 Å². The van der Waals surface area contributed by atoms with Gasteiger partial charge in [0.15, 0.2) is 6.73 Å². The van der Waals surface area contributed by atoms with Crippen molar-refractivity contribution in [1.29, 1.82) is 0 Å². The number of aryl methyl sites for hydroxylation is 1. The molecule has 1 atom stereocenters. The number of hydrogen-bond acceptors (Lipinski definition) is 3. The van der Waals surface area contributed by atoms with Gasteiger partial charge in [-0.2, -0.15) is 0 Å². The van der Waals surface area contributed by atoms with Crippen molar-refractivity contribution in [2.24, 2.45) is 0 Å². The number of hydrogen-bond donors (Lipinski definition) is 2. The zero-order valence-electron chi connectivity index (χ0n) is 8.44. The van der Waals surface area contributed by atoms with Gasteiger partial charge in [-0.25, -0.2) is 0 Å². The minimum Gasteiger partial charge on any atom is -0.325 e. The third kappa shape index (κ3) is 3.98. The van der Waals surface area contributed by atoms with E-state index >= 15 is 0 Å². The van der Waals surface area contributed by atoms with Gasteiger partial charge in [-0.05, 0) is 30.7 Å². The molecule has 0 aliphatic heterocycles. The van der Waals surface area contributed by atoms with Gasteiger partial charge in [0.1, 0.15) is 0 Å². The lowest BCUT2D eigenvalue weighted by Crippen LogP contribution is -2.25. The van der Waals surface area contributed by atoms with E-state index in [0.29, 0.717) is 5.56 Å². The number of nitrogens with one attached hydrogen (secondary N) is 1. The number of amides is 1. The van der Waals surface area contributed by atoms with Crippen LogP contribution in [0.15, 0.2) is 22.7 Å². The molecule has 0 aromatic heterocycles. The Morgan fingerprint density at radius 3 is 2.88 bits per heavy atom. The average molecular weight is 307 g/mol. The van der Waals surface area contributed by atoms with Crippen LogP contribution in [-0.4, -0.2) is 17.5 Å². The molecule has 1 aromatic carbocycles. The first-order valence-electron chi connectivity index (χ1n) is 4.34. The van der Waals surface area contributed by atoms with E-state index in [1.165, 1.54) is 0 Å². The van der Waals surface area contributed by atoms with E-state index in [2.05, 4.69) is 25.8 Å². The topological polar surface area (TPSA) is 75.6 Å². The van der Waals surface area contributed by atoms with Crippen LogP contribution in [0.5, 0.6) is 0 Å². The summed E-state index contributed by atoms with van der Waals surface area (Å²) in [7, 11) is -2.69. The van der Waals surface area contributed by atoms with Gasteiger partial charge in [0.25, 0.3) is 5.91 Å². The number of carbonyl (C=O) groups is 1. The molecule has 0 saturated carbocycles. The Bertz CT molecular complexity index is 424. The maximum Gasteiger partial charge on any atom is 0.696 e. The first kappa shape index (κ1) is 13.3. The Balaban J connectivity index is 2.63. The predicted octanol–water partition coefficient (Wildman–Crippen LogP) is 2.11. The molecule has 1 aromatic rings. The molecule has 16 heavy (non-hydrogen) atoms. The van der Waals surface area contributed by atoms with Gasteiger partial charge in [-0.3, -0.25) is 4.79 Å². The average Bonchev–Trinajstić information content (AvgIpc) is 2.16. The second-order valence-corrected chi connectivity index (χ2v) is 4.63. The van der Waals surface area contributed by atoms with Crippen LogP contribution in [0, 0.1) is 6.92 Å². The van der Waals surface area contributed by atoms with Crippen molar-refractivity contribution in [3.05, 3.63) is 33.8 Å². The third-order valence-electron chi connectivity index (χ3n) is 1.84. The van der Waals surface area contributed by atoms with Gasteiger partial charge >= 0.3 is 8.25 Å². The van der Waals surface area contributed by atoms with Crippen LogP contribution in [0.25, 0.3) is 0 Å². The molecule has 0 aliphatic rings. The maximum atomic E-state index is 11.6. The normalized spacial score (nSPS) is 11.1. The predicted molar refractivity (Wildman–Crippen MR) is 62.1 cm³/mol. The van der Waals surface area contributed by atoms with E-state index in [1.807, 2.05) is 6.07 Å². The highest BCUT2D eigenvalue weighted by Crippen LogP contribution is 2.16. The molecule has 86 valence electrons. The van der Waals surface area contributed by atoms with Gasteiger partial charge in [-0.1, -0.05) is 20.5 Å². The fraction of sp³-hybridized carbons (Fsp3) is 0.222. The Labute approximate surface area is 102 Å². The number of benzene rings is 1. The van der Waals surface area contributed by atoms with Crippen LogP contribution in [0.4, 0.5) is 0 Å². The summed E-state index contributed by atoms with van der Waals surface area (Å²) in [6.07, 6.45) is 0. The molecule has 0 fully saturated rings. The quantitative estimate of drug-likeness (QED) is 0.660. The van der Waals surface area contributed by atoms with E-state index in [-0.39, 0.29) is 12.6 Å². The van der Waals surface area contributed by atoms with Crippen molar-refractivity contribution in [2.45, 2.75) is 6.92 Å². The highest BCUT2D eigenvalue weighted by atomic mass is 79.9. The van der Waals surface area contributed by atoms with Crippen LogP contribution >= 0.6 is 24.2 Å². The van der Waals surface area contributed by atoms with Gasteiger partial charge < -0.3 is 5.32 Å². The summed E-state index contributed by atoms with van der Waals surface area (Å²) in [5.41, 5.74) is 1.31. The number of halogens is 1. The van der Waals surface area contributed by atoms with Crippen molar-refractivity contribution in [3.63, 3.8) is 0 Å². The monoisotopic (exact) mass is 306 g/mol. The van der Waals surface area contributed by atoms with Gasteiger partial charge in [0.05, 0.1) is 0 Å². The smallest absolute Gasteiger partial charge is 0.325 e. The summed E-state index contributed by atoms with van der Waals surface area (Å²) in [5.74, 6) is -0.346. The van der Waals surface area contributed by atoms with E-state index in [9.17, 15) is 9.36 Å². The largest absolute Gasteiger partial charge is 0.696 e. The van der Waals surface area contributed by atoms with Crippen LogP contribution in [-0.2, 0) is 9.09 Å². The van der Waals surface area contributed by atoms with E-state index < -0.39 is 8.25 Å². The summed E-state index contributed by atoms with van der Waals surface area (Å²) in [6.45, 7) is 1.51. The Morgan fingerprint density at radius 2 is 2.31 bits per heavy atom. The molecule has 2 N–H and O–H groups in total. The molecule has 1 rings (SSSR count). The lowest BCUT2D eigenvalue weighted by molar-refractivity contribution is 0.0918. The third-order valence-corrected chi connectivity index (χ3v) is 2.68. The van der Waals surface area contributed by atoms with Gasteiger partial charge in [0.2, 0.25) is 0 Å². The van der Waals surface area contributed by atoms with E-state index in [4.69, 9.17) is 4.89 Å². The highest BCUT2D eigenvalue weighted by Gasteiger charge is 2.14. The zero-order valence-corrected chi connectivity index (χ0v) is 10.9. The summed E-state index contributed by atoms with van der Waals surface area (Å²) in [4.78, 5) is 19.9. The Kier molecular flexibility index (Phi) is 5.02. The molecule has 0 heterocycles. The van der Waals surface area contributed by atoms with Crippen molar-refractivity contribution in [1.82, 2.24) is 5.32 Å². The van der Waals surface area contributed by atoms with Crippen molar-refractivity contribution in [3.8, 4) is 0 Å². The molecular weight excluding hydrogens is 297 g/mol. The zero-order chi connectivity index (χ0) is 12.1. The molecule has 0 bridgehead atoms. The lowest BCUT2D eigenvalue weighted by atomic mass is 10.1. The number of carbonyl (C=O) groups excluding carboxylic acids is 1. The fourth-order valence-electron chi connectivity index (χ4n) is 1.13. The minimum absolute atomic E-state index is 0.292. The lowest BCUT2D eigenvalue weighted by Gasteiger charge is -2.05. The molecule has 7 heteroatoms. The summed E-state index contributed by atoms with van der Waals surface area (Å²) in [5, 5.41) is 2.37. The standard InChI is InChI=1S/C9H9BrNO4P/c1-6-4-7(10)2-3-8(6)9(12)11-5-15-16(13)14/h2-4H,5H2,1H3,(H-,11,12,13,14)/p+1. The van der Waals surface area contributed by atoms with Crippen LogP contribution in [0.2, 0.25) is 0 Å². The Hall–Kier alpha value is -0.810. The molecule has 1 unspecified atom stereocenters. The SMILES string of the molecule is Cc1cc(Br)ccc1C(=O)NCO[P+](=O)O. The summed E-state index contributed by atoms with van der Waals surface area (Å²) >= 11 is 3.29. The highest BCUT2D eigenvalue weighted by molar-refractivity contribution is 9.10. The van der Waals surface area contributed by atoms with Crippen LogP contribution < -0.4 is 5.32 Å². The second kappa shape index (κ2) is 6.06. The van der Waals surface area contributed by atoms with Crippen LogP contribution in [0.3, 0.4) is 0 Å². The van der Waals surface area contributed by atoms with Crippen molar-refractivity contribution >= 4 is 30.1 Å².